The third kappa shape index (κ3) is 4.50. The number of nitrogens with zero attached hydrogens (tertiary/aromatic N) is 7. The van der Waals surface area contributed by atoms with E-state index in [2.05, 4.69) is 32.2 Å². The fourth-order valence-electron chi connectivity index (χ4n) is 4.68. The van der Waals surface area contributed by atoms with Crippen LogP contribution >= 0.6 is 0 Å². The molecule has 1 aliphatic heterocycles. The Morgan fingerprint density at radius 2 is 2.11 bits per heavy atom. The maximum atomic E-state index is 12.2. The number of nitrogens with one attached hydrogen (secondary N) is 1. The maximum Gasteiger partial charge on any atom is 0.248 e. The van der Waals surface area contributed by atoms with Crippen molar-refractivity contribution in [2.45, 2.75) is 46.0 Å². The van der Waals surface area contributed by atoms with Gasteiger partial charge in [-0.3, -0.25) is 24.2 Å². The predicted molar refractivity (Wildman–Crippen MR) is 133 cm³/mol. The van der Waals surface area contributed by atoms with Gasteiger partial charge < -0.3 is 15.6 Å². The van der Waals surface area contributed by atoms with Crippen molar-refractivity contribution in [3.05, 3.63) is 35.7 Å². The van der Waals surface area contributed by atoms with Crippen LogP contribution in [0.2, 0.25) is 0 Å². The summed E-state index contributed by atoms with van der Waals surface area (Å²) in [5.41, 5.74) is 9.23. The Balaban J connectivity index is 1.48. The highest BCUT2D eigenvalue weighted by Crippen LogP contribution is 2.30. The predicted octanol–water partition coefficient (Wildman–Crippen LogP) is 1.19. The summed E-state index contributed by atoms with van der Waals surface area (Å²) < 4.78 is 9.37. The molecule has 4 heterocycles. The second-order valence-corrected chi connectivity index (χ2v) is 9.16. The van der Waals surface area contributed by atoms with E-state index in [1.54, 1.807) is 18.3 Å². The minimum absolute atomic E-state index is 0.00294. The maximum absolute atomic E-state index is 12.2. The number of aromatic nitrogens is 7. The molecule has 12 nitrogen and oxygen atoms in total. The molecule has 2 atom stereocenters. The monoisotopic (exact) mass is 493 g/mol. The van der Waals surface area contributed by atoms with Gasteiger partial charge in [-0.1, -0.05) is 0 Å². The first-order valence-corrected chi connectivity index (χ1v) is 12.1. The molecule has 3 aromatic heterocycles. The summed E-state index contributed by atoms with van der Waals surface area (Å²) >= 11 is 0. The largest absolute Gasteiger partial charge is 0.394 e. The number of carbonyl (C=O) groups excluding carboxylic acids is 1. The lowest BCUT2D eigenvalue weighted by Gasteiger charge is -2.37. The van der Waals surface area contributed by atoms with Gasteiger partial charge in [-0.15, -0.1) is 0 Å². The highest BCUT2D eigenvalue weighted by atomic mass is 16.5. The van der Waals surface area contributed by atoms with E-state index in [-0.39, 0.29) is 18.8 Å². The number of aryl methyl sites for hydroxylation is 2. The summed E-state index contributed by atoms with van der Waals surface area (Å²) in [5.74, 6) is 0.516. The van der Waals surface area contributed by atoms with E-state index in [0.29, 0.717) is 49.0 Å². The van der Waals surface area contributed by atoms with Crippen molar-refractivity contribution >= 4 is 16.8 Å². The number of benzene rings is 1. The van der Waals surface area contributed by atoms with Gasteiger partial charge in [0.05, 0.1) is 43.3 Å². The highest BCUT2D eigenvalue weighted by Gasteiger charge is 2.26. The van der Waals surface area contributed by atoms with Crippen LogP contribution in [0.5, 0.6) is 0 Å². The molecule has 0 saturated carbocycles. The first-order chi connectivity index (χ1) is 17.4. The van der Waals surface area contributed by atoms with E-state index in [1.807, 2.05) is 29.3 Å². The number of aliphatic hydroxyl groups excluding tert-OH is 1. The van der Waals surface area contributed by atoms with Gasteiger partial charge in [-0.25, -0.2) is 4.98 Å². The second kappa shape index (κ2) is 9.80. The van der Waals surface area contributed by atoms with Crippen LogP contribution < -0.4 is 5.73 Å². The lowest BCUT2D eigenvalue weighted by Crippen LogP contribution is -2.50. The van der Waals surface area contributed by atoms with Crippen LogP contribution in [0.1, 0.15) is 29.9 Å². The van der Waals surface area contributed by atoms with Crippen molar-refractivity contribution in [3.8, 4) is 22.9 Å². The van der Waals surface area contributed by atoms with Gasteiger partial charge in [-0.2, -0.15) is 15.3 Å². The molecule has 0 bridgehead atoms. The van der Waals surface area contributed by atoms with Gasteiger partial charge in [0.2, 0.25) is 5.91 Å². The summed E-state index contributed by atoms with van der Waals surface area (Å²) in [6, 6.07) is 5.66. The lowest BCUT2D eigenvalue weighted by atomic mass is 10.0. The molecule has 1 fully saturated rings. The standard InChI is InChI=1S/C24H31N9O3/c1-4-32-21(7-14(2)30-32)24-27-23(28-29-24)18-8-16(22(25)35)9-20-19(18)10-26-33(20)6-5-31-11-17(12-34)36-13-15(31)3/h7-10,15,17,34H,4-6,11-13H2,1-3H3,(H2,25,35)(H,27,28,29). The fraction of sp³-hybridized carbons (Fsp3) is 0.458. The van der Waals surface area contributed by atoms with Crippen LogP contribution in [0.15, 0.2) is 24.4 Å². The van der Waals surface area contributed by atoms with Gasteiger partial charge in [0, 0.05) is 42.2 Å². The molecule has 1 saturated heterocycles. The van der Waals surface area contributed by atoms with Crippen LogP contribution in [0.3, 0.4) is 0 Å². The number of H-pyrrole nitrogens is 1. The van der Waals surface area contributed by atoms with Crippen molar-refractivity contribution in [3.63, 3.8) is 0 Å². The molecule has 36 heavy (non-hydrogen) atoms. The Labute approximate surface area is 208 Å². The smallest absolute Gasteiger partial charge is 0.248 e. The van der Waals surface area contributed by atoms with Gasteiger partial charge in [0.1, 0.15) is 5.69 Å². The molecule has 5 rings (SSSR count). The van der Waals surface area contributed by atoms with Gasteiger partial charge >= 0.3 is 0 Å². The molecule has 2 unspecified atom stereocenters. The zero-order chi connectivity index (χ0) is 25.4. The fourth-order valence-corrected chi connectivity index (χ4v) is 4.68. The van der Waals surface area contributed by atoms with E-state index in [0.717, 1.165) is 28.8 Å². The molecule has 4 aromatic rings. The summed E-state index contributed by atoms with van der Waals surface area (Å²) in [4.78, 5) is 19.2. The number of aromatic amines is 1. The number of fused-ring (bicyclic) bond motifs is 1. The number of amides is 1. The first-order valence-electron chi connectivity index (χ1n) is 12.1. The molecule has 12 heteroatoms. The lowest BCUT2D eigenvalue weighted by molar-refractivity contribution is -0.0785. The molecule has 0 radical (unpaired) electrons. The van der Waals surface area contributed by atoms with E-state index >= 15 is 0 Å². The third-order valence-corrected chi connectivity index (χ3v) is 6.66. The molecule has 1 aromatic carbocycles. The van der Waals surface area contributed by atoms with Crippen LogP contribution in [-0.2, 0) is 17.8 Å². The van der Waals surface area contributed by atoms with Gasteiger partial charge in [0.15, 0.2) is 11.6 Å². The van der Waals surface area contributed by atoms with Crippen LogP contribution in [0.25, 0.3) is 33.8 Å². The number of primary amides is 1. The molecule has 4 N–H and O–H groups in total. The number of carbonyl (C=O) groups is 1. The van der Waals surface area contributed by atoms with E-state index in [9.17, 15) is 9.90 Å². The van der Waals surface area contributed by atoms with Crippen molar-refractivity contribution in [2.75, 3.05) is 26.3 Å². The number of rotatable bonds is 8. The van der Waals surface area contributed by atoms with E-state index < -0.39 is 5.91 Å². The molecule has 1 amide bonds. The summed E-state index contributed by atoms with van der Waals surface area (Å²) in [6.45, 7) is 9.29. The Morgan fingerprint density at radius 1 is 1.28 bits per heavy atom. The second-order valence-electron chi connectivity index (χ2n) is 9.16. The van der Waals surface area contributed by atoms with E-state index in [4.69, 9.17) is 15.5 Å². The molecular weight excluding hydrogens is 462 g/mol. The van der Waals surface area contributed by atoms with Crippen molar-refractivity contribution in [1.29, 1.82) is 0 Å². The first kappa shape index (κ1) is 24.1. The summed E-state index contributed by atoms with van der Waals surface area (Å²) in [6.07, 6.45) is 1.59. The van der Waals surface area contributed by atoms with E-state index in [1.165, 1.54) is 0 Å². The van der Waals surface area contributed by atoms with Gasteiger partial charge in [0.25, 0.3) is 0 Å². The molecule has 1 aliphatic rings. The minimum atomic E-state index is -0.530. The normalized spacial score (nSPS) is 18.8. The number of ether oxygens (including phenoxy) is 1. The molecule has 190 valence electrons. The quantitative estimate of drug-likeness (QED) is 0.331. The van der Waals surface area contributed by atoms with Gasteiger partial charge in [-0.05, 0) is 39.0 Å². The average Bonchev–Trinajstić information content (AvgIpc) is 3.61. The van der Waals surface area contributed by atoms with Crippen LogP contribution in [0, 0.1) is 6.92 Å². The molecular formula is C24H31N9O3. The van der Waals surface area contributed by atoms with Crippen LogP contribution in [0.4, 0.5) is 0 Å². The highest BCUT2D eigenvalue weighted by molar-refractivity contribution is 6.02. The van der Waals surface area contributed by atoms with Crippen LogP contribution in [-0.4, -0.2) is 89.1 Å². The molecule has 0 spiro atoms. The third-order valence-electron chi connectivity index (χ3n) is 6.66. The zero-order valence-electron chi connectivity index (χ0n) is 20.7. The minimum Gasteiger partial charge on any atom is -0.394 e. The number of nitrogens with two attached hydrogens (primary N) is 1. The topological polar surface area (TPSA) is 153 Å². The Hall–Kier alpha value is -3.61. The SMILES string of the molecule is CCn1nc(C)cc1-c1n[nH]c(-c2cc(C(N)=O)cc3c2cnn3CCN2CC(CO)OCC2C)n1. The number of aliphatic hydroxyl groups is 1. The Morgan fingerprint density at radius 3 is 2.86 bits per heavy atom. The summed E-state index contributed by atoms with van der Waals surface area (Å²) in [5, 5.41) is 26.8. The Kier molecular flexibility index (Phi) is 6.56. The number of morpholine rings is 1. The zero-order valence-corrected chi connectivity index (χ0v) is 20.7. The van der Waals surface area contributed by atoms with Crippen molar-refractivity contribution in [2.24, 2.45) is 5.73 Å². The average molecular weight is 494 g/mol. The van der Waals surface area contributed by atoms with Crippen molar-refractivity contribution < 1.29 is 14.6 Å². The summed E-state index contributed by atoms with van der Waals surface area (Å²) in [7, 11) is 0. The molecule has 0 aliphatic carbocycles. The number of hydrogen-bond acceptors (Lipinski definition) is 8. The Bertz CT molecular complexity index is 1390. The number of hydrogen-bond donors (Lipinski definition) is 3. The van der Waals surface area contributed by atoms with Crippen molar-refractivity contribution in [1.82, 2.24) is 39.6 Å².